The first-order valence-electron chi connectivity index (χ1n) is 5.31. The average molecular weight is 280 g/mol. The van der Waals surface area contributed by atoms with Crippen LogP contribution in [-0.2, 0) is 0 Å². The minimum atomic E-state index is -0.645. The second kappa shape index (κ2) is 5.17. The summed E-state index contributed by atoms with van der Waals surface area (Å²) in [6.45, 7) is 1.85. The Morgan fingerprint density at radius 3 is 2.58 bits per heavy atom. The predicted molar refractivity (Wildman–Crippen MR) is 71.1 cm³/mol. The van der Waals surface area contributed by atoms with Gasteiger partial charge in [-0.15, -0.1) is 11.3 Å². The van der Waals surface area contributed by atoms with E-state index in [1.54, 1.807) is 5.38 Å². The summed E-state index contributed by atoms with van der Waals surface area (Å²) in [7, 11) is 0. The number of nitrogens with zero attached hydrogens (tertiary/aromatic N) is 1. The van der Waals surface area contributed by atoms with Crippen molar-refractivity contribution in [3.05, 3.63) is 33.8 Å². The standard InChI is InChI=1S/C12H12N2O4S/c1-6-13-7(5-19-6)4-9(14-18)8-2-3-10(15)12(17)11(8)16/h2-5,14-18H,1H3/b9-4-. The number of hydroxylamine groups is 1. The van der Waals surface area contributed by atoms with Crippen molar-refractivity contribution in [1.29, 1.82) is 0 Å². The van der Waals surface area contributed by atoms with E-state index in [9.17, 15) is 15.3 Å². The third kappa shape index (κ3) is 2.61. The van der Waals surface area contributed by atoms with E-state index in [1.807, 2.05) is 12.4 Å². The molecule has 0 saturated carbocycles. The molecule has 2 rings (SSSR count). The molecule has 0 bridgehead atoms. The van der Waals surface area contributed by atoms with Crippen LogP contribution in [0.15, 0.2) is 17.5 Å². The van der Waals surface area contributed by atoms with Gasteiger partial charge in [0.15, 0.2) is 11.5 Å². The first-order valence-corrected chi connectivity index (χ1v) is 6.19. The highest BCUT2D eigenvalue weighted by Crippen LogP contribution is 2.39. The number of hydrogen-bond acceptors (Lipinski definition) is 7. The van der Waals surface area contributed by atoms with Gasteiger partial charge in [-0.2, -0.15) is 0 Å². The Balaban J connectivity index is 2.48. The molecule has 0 aliphatic rings. The SMILES string of the molecule is Cc1nc(/C=C(\NO)c2ccc(O)c(O)c2O)cs1. The molecule has 0 aliphatic carbocycles. The Labute approximate surface area is 112 Å². The van der Waals surface area contributed by atoms with Crippen LogP contribution in [0.3, 0.4) is 0 Å². The van der Waals surface area contributed by atoms with Gasteiger partial charge in [0.05, 0.1) is 16.4 Å². The molecule has 2 aromatic rings. The summed E-state index contributed by atoms with van der Waals surface area (Å²) in [6.07, 6.45) is 1.51. The number of phenols is 3. The van der Waals surface area contributed by atoms with Gasteiger partial charge in [-0.05, 0) is 25.1 Å². The molecule has 0 radical (unpaired) electrons. The lowest BCUT2D eigenvalue weighted by Gasteiger charge is -2.09. The van der Waals surface area contributed by atoms with Crippen molar-refractivity contribution in [2.75, 3.05) is 0 Å². The zero-order valence-corrected chi connectivity index (χ0v) is 10.8. The molecule has 1 heterocycles. The van der Waals surface area contributed by atoms with Gasteiger partial charge in [0.2, 0.25) is 5.75 Å². The normalized spacial score (nSPS) is 11.6. The number of benzene rings is 1. The first kappa shape index (κ1) is 13.2. The molecule has 0 unspecified atom stereocenters. The molecule has 7 heteroatoms. The van der Waals surface area contributed by atoms with E-state index >= 15 is 0 Å². The quantitative estimate of drug-likeness (QED) is 0.435. The molecule has 0 spiro atoms. The van der Waals surface area contributed by atoms with Crippen LogP contribution in [0.2, 0.25) is 0 Å². The summed E-state index contributed by atoms with van der Waals surface area (Å²) in [5, 5.41) is 40.2. The molecule has 0 aliphatic heterocycles. The van der Waals surface area contributed by atoms with E-state index < -0.39 is 17.2 Å². The lowest BCUT2D eigenvalue weighted by atomic mass is 10.1. The maximum atomic E-state index is 9.74. The van der Waals surface area contributed by atoms with Crippen LogP contribution in [0.25, 0.3) is 11.8 Å². The van der Waals surface area contributed by atoms with Gasteiger partial charge < -0.3 is 15.3 Å². The fourth-order valence-corrected chi connectivity index (χ4v) is 2.12. The number of hydrogen-bond donors (Lipinski definition) is 5. The highest BCUT2D eigenvalue weighted by molar-refractivity contribution is 7.09. The van der Waals surface area contributed by atoms with Gasteiger partial charge in [0.25, 0.3) is 0 Å². The summed E-state index contributed by atoms with van der Waals surface area (Å²) in [5.41, 5.74) is 2.83. The zero-order valence-electron chi connectivity index (χ0n) is 9.95. The van der Waals surface area contributed by atoms with Gasteiger partial charge in [0, 0.05) is 10.9 Å². The molecule has 1 aromatic carbocycles. The van der Waals surface area contributed by atoms with Crippen LogP contribution < -0.4 is 5.48 Å². The van der Waals surface area contributed by atoms with E-state index in [0.717, 1.165) is 5.01 Å². The first-order chi connectivity index (χ1) is 9.02. The van der Waals surface area contributed by atoms with Crippen molar-refractivity contribution < 1.29 is 20.5 Å². The number of aromatic hydroxyl groups is 3. The molecular weight excluding hydrogens is 268 g/mol. The number of phenolic OH excluding ortho intramolecular Hbond substituents is 3. The molecule has 0 amide bonds. The van der Waals surface area contributed by atoms with Crippen molar-refractivity contribution in [3.63, 3.8) is 0 Å². The van der Waals surface area contributed by atoms with Crippen LogP contribution in [0.1, 0.15) is 16.3 Å². The summed E-state index contributed by atoms with van der Waals surface area (Å²) < 4.78 is 0. The molecule has 0 saturated heterocycles. The van der Waals surface area contributed by atoms with Crippen molar-refractivity contribution in [2.45, 2.75) is 6.92 Å². The largest absolute Gasteiger partial charge is 0.504 e. The maximum absolute atomic E-state index is 9.74. The van der Waals surface area contributed by atoms with Gasteiger partial charge >= 0.3 is 0 Å². The van der Waals surface area contributed by atoms with Gasteiger partial charge in [0.1, 0.15) is 0 Å². The Morgan fingerprint density at radius 1 is 1.26 bits per heavy atom. The molecular formula is C12H12N2O4S. The summed E-state index contributed by atoms with van der Waals surface area (Å²) in [6, 6.07) is 2.57. The van der Waals surface area contributed by atoms with Crippen LogP contribution >= 0.6 is 11.3 Å². The maximum Gasteiger partial charge on any atom is 0.200 e. The second-order valence-electron chi connectivity index (χ2n) is 3.79. The number of aryl methyl sites for hydroxylation is 1. The van der Waals surface area contributed by atoms with Crippen molar-refractivity contribution in [3.8, 4) is 17.2 Å². The Bertz CT molecular complexity index is 637. The minimum absolute atomic E-state index is 0.142. The Morgan fingerprint density at radius 2 is 2.00 bits per heavy atom. The monoisotopic (exact) mass is 280 g/mol. The lowest BCUT2D eigenvalue weighted by molar-refractivity contribution is 0.224. The summed E-state index contributed by atoms with van der Waals surface area (Å²) in [4.78, 5) is 4.19. The number of thiazole rings is 1. The van der Waals surface area contributed by atoms with Crippen LogP contribution in [0.4, 0.5) is 0 Å². The Hall–Kier alpha value is -2.25. The topological polar surface area (TPSA) is 106 Å². The lowest BCUT2D eigenvalue weighted by Crippen LogP contribution is -2.05. The minimum Gasteiger partial charge on any atom is -0.504 e. The van der Waals surface area contributed by atoms with Gasteiger partial charge in [-0.1, -0.05) is 0 Å². The Kier molecular flexibility index (Phi) is 3.59. The molecule has 100 valence electrons. The van der Waals surface area contributed by atoms with Crippen LogP contribution in [0.5, 0.6) is 17.2 Å². The van der Waals surface area contributed by atoms with E-state index in [-0.39, 0.29) is 11.3 Å². The number of rotatable bonds is 3. The third-order valence-corrected chi connectivity index (χ3v) is 3.26. The number of nitrogens with one attached hydrogen (secondary N) is 1. The van der Waals surface area contributed by atoms with Crippen molar-refractivity contribution in [2.24, 2.45) is 0 Å². The van der Waals surface area contributed by atoms with Crippen molar-refractivity contribution >= 4 is 23.1 Å². The molecule has 6 nitrogen and oxygen atoms in total. The fourth-order valence-electron chi connectivity index (χ4n) is 1.55. The van der Waals surface area contributed by atoms with E-state index in [0.29, 0.717) is 5.69 Å². The molecule has 1 aromatic heterocycles. The molecule has 0 fully saturated rings. The third-order valence-electron chi connectivity index (χ3n) is 2.47. The van der Waals surface area contributed by atoms with Crippen LogP contribution in [0, 0.1) is 6.92 Å². The highest BCUT2D eigenvalue weighted by Gasteiger charge is 2.14. The smallest absolute Gasteiger partial charge is 0.200 e. The number of aromatic nitrogens is 1. The average Bonchev–Trinajstić information content (AvgIpc) is 2.80. The zero-order chi connectivity index (χ0) is 14.0. The molecule has 0 atom stereocenters. The van der Waals surface area contributed by atoms with E-state index in [4.69, 9.17) is 5.21 Å². The highest BCUT2D eigenvalue weighted by atomic mass is 32.1. The molecule has 19 heavy (non-hydrogen) atoms. The summed E-state index contributed by atoms with van der Waals surface area (Å²) >= 11 is 1.44. The second-order valence-corrected chi connectivity index (χ2v) is 4.85. The summed E-state index contributed by atoms with van der Waals surface area (Å²) in [5.74, 6) is -1.61. The van der Waals surface area contributed by atoms with Crippen molar-refractivity contribution in [1.82, 2.24) is 10.5 Å². The van der Waals surface area contributed by atoms with E-state index in [2.05, 4.69) is 4.98 Å². The fraction of sp³-hybridized carbons (Fsp3) is 0.0833. The predicted octanol–water partition coefficient (Wildman–Crippen LogP) is 2.05. The van der Waals surface area contributed by atoms with Crippen LogP contribution in [-0.4, -0.2) is 25.5 Å². The van der Waals surface area contributed by atoms with Gasteiger partial charge in [-0.3, -0.25) is 10.7 Å². The van der Waals surface area contributed by atoms with E-state index in [1.165, 1.54) is 29.5 Å². The molecule has 5 N–H and O–H groups in total. The van der Waals surface area contributed by atoms with Gasteiger partial charge in [-0.25, -0.2) is 4.98 Å².